The lowest BCUT2D eigenvalue weighted by Gasteiger charge is -2.08. The summed E-state index contributed by atoms with van der Waals surface area (Å²) in [6, 6.07) is 4.91. The lowest BCUT2D eigenvalue weighted by Crippen LogP contribution is -2.02. The van der Waals surface area contributed by atoms with Crippen molar-refractivity contribution in [3.8, 4) is 5.75 Å². The normalized spacial score (nSPS) is 9.89. The maximum absolute atomic E-state index is 10.7. The van der Waals surface area contributed by atoms with Gasteiger partial charge in [0.1, 0.15) is 12.4 Å². The van der Waals surface area contributed by atoms with Crippen LogP contribution in [0.2, 0.25) is 0 Å². The standard InChI is InChI=1S/C14H12N2O3/c1-2-10-5-6-15-8-13(10)19-9-12-4-3-11(7-16-12)14(17)18/h2-8H,1,9H2,(H,17,18). The van der Waals surface area contributed by atoms with Crippen molar-refractivity contribution in [2.45, 2.75) is 6.61 Å². The molecule has 0 aliphatic carbocycles. The zero-order valence-corrected chi connectivity index (χ0v) is 10.1. The molecule has 0 unspecified atom stereocenters. The summed E-state index contributed by atoms with van der Waals surface area (Å²) >= 11 is 0. The number of aromatic nitrogens is 2. The van der Waals surface area contributed by atoms with E-state index in [4.69, 9.17) is 9.84 Å². The van der Waals surface area contributed by atoms with Gasteiger partial charge in [0.25, 0.3) is 0 Å². The van der Waals surface area contributed by atoms with Crippen LogP contribution in [-0.2, 0) is 6.61 Å². The molecule has 0 spiro atoms. The molecule has 2 aromatic heterocycles. The van der Waals surface area contributed by atoms with Crippen molar-refractivity contribution in [1.82, 2.24) is 9.97 Å². The molecule has 0 amide bonds. The fourth-order valence-electron chi connectivity index (χ4n) is 1.47. The van der Waals surface area contributed by atoms with Gasteiger partial charge in [0, 0.05) is 18.0 Å². The smallest absolute Gasteiger partial charge is 0.337 e. The first-order valence-corrected chi connectivity index (χ1v) is 5.58. The van der Waals surface area contributed by atoms with Crippen LogP contribution >= 0.6 is 0 Å². The third-order valence-electron chi connectivity index (χ3n) is 2.48. The van der Waals surface area contributed by atoms with Crippen LogP contribution in [0.1, 0.15) is 21.6 Å². The van der Waals surface area contributed by atoms with Crippen LogP contribution in [0.25, 0.3) is 6.08 Å². The molecule has 0 fully saturated rings. The van der Waals surface area contributed by atoms with Crippen LogP contribution in [0.5, 0.6) is 5.75 Å². The highest BCUT2D eigenvalue weighted by molar-refractivity contribution is 5.87. The Bertz CT molecular complexity index is 594. The molecule has 5 nitrogen and oxygen atoms in total. The fraction of sp³-hybridized carbons (Fsp3) is 0.0714. The van der Waals surface area contributed by atoms with E-state index in [1.54, 1.807) is 30.6 Å². The van der Waals surface area contributed by atoms with Gasteiger partial charge in [-0.1, -0.05) is 12.7 Å². The summed E-state index contributed by atoms with van der Waals surface area (Å²) in [5.41, 5.74) is 1.64. The van der Waals surface area contributed by atoms with Gasteiger partial charge >= 0.3 is 5.97 Å². The highest BCUT2D eigenvalue weighted by Gasteiger charge is 2.04. The van der Waals surface area contributed by atoms with Gasteiger partial charge in [-0.05, 0) is 18.2 Å². The van der Waals surface area contributed by atoms with Gasteiger partial charge in [0.05, 0.1) is 17.5 Å². The number of nitrogens with zero attached hydrogens (tertiary/aromatic N) is 2. The van der Waals surface area contributed by atoms with Crippen molar-refractivity contribution in [3.63, 3.8) is 0 Å². The Hall–Kier alpha value is -2.69. The van der Waals surface area contributed by atoms with Crippen LogP contribution in [0.4, 0.5) is 0 Å². The SMILES string of the molecule is C=Cc1ccncc1OCc1ccc(C(=O)O)cn1. The topological polar surface area (TPSA) is 72.3 Å². The average molecular weight is 256 g/mol. The average Bonchev–Trinajstić information content (AvgIpc) is 2.45. The number of pyridine rings is 2. The molecule has 5 heteroatoms. The first kappa shape index (κ1) is 12.8. The lowest BCUT2D eigenvalue weighted by atomic mass is 10.2. The summed E-state index contributed by atoms with van der Waals surface area (Å²) in [4.78, 5) is 18.7. The lowest BCUT2D eigenvalue weighted by molar-refractivity contribution is 0.0696. The van der Waals surface area contributed by atoms with E-state index in [2.05, 4.69) is 16.5 Å². The first-order valence-electron chi connectivity index (χ1n) is 5.58. The Morgan fingerprint density at radius 2 is 2.21 bits per heavy atom. The summed E-state index contributed by atoms with van der Waals surface area (Å²) in [5, 5.41) is 8.76. The highest BCUT2D eigenvalue weighted by atomic mass is 16.5. The van der Waals surface area contributed by atoms with Gasteiger partial charge in [-0.3, -0.25) is 9.97 Å². The predicted molar refractivity (Wildman–Crippen MR) is 69.9 cm³/mol. The Labute approximate surface area is 110 Å². The minimum Gasteiger partial charge on any atom is -0.485 e. The first-order chi connectivity index (χ1) is 9.20. The molecule has 0 radical (unpaired) electrons. The van der Waals surface area contributed by atoms with Gasteiger partial charge in [0.2, 0.25) is 0 Å². The molecule has 2 aromatic rings. The molecule has 0 bridgehead atoms. The summed E-state index contributed by atoms with van der Waals surface area (Å²) in [5.74, 6) is -0.386. The zero-order chi connectivity index (χ0) is 13.7. The van der Waals surface area contributed by atoms with Crippen LogP contribution in [0.3, 0.4) is 0 Å². The number of carbonyl (C=O) groups is 1. The number of hydrogen-bond donors (Lipinski definition) is 1. The Morgan fingerprint density at radius 1 is 1.37 bits per heavy atom. The maximum atomic E-state index is 10.7. The van der Waals surface area contributed by atoms with Crippen molar-refractivity contribution >= 4 is 12.0 Å². The molecule has 19 heavy (non-hydrogen) atoms. The van der Waals surface area contributed by atoms with Crippen LogP contribution in [-0.4, -0.2) is 21.0 Å². The van der Waals surface area contributed by atoms with E-state index < -0.39 is 5.97 Å². The second-order valence-electron chi connectivity index (χ2n) is 3.75. The van der Waals surface area contributed by atoms with E-state index in [1.807, 2.05) is 0 Å². The molecule has 0 atom stereocenters. The maximum Gasteiger partial charge on any atom is 0.337 e. The van der Waals surface area contributed by atoms with E-state index in [0.717, 1.165) is 5.56 Å². The number of aromatic carboxylic acids is 1. The van der Waals surface area contributed by atoms with Gasteiger partial charge in [0.15, 0.2) is 0 Å². The second-order valence-corrected chi connectivity index (χ2v) is 3.75. The molecule has 0 saturated heterocycles. The molecule has 0 aliphatic rings. The predicted octanol–water partition coefficient (Wildman–Crippen LogP) is 2.40. The zero-order valence-electron chi connectivity index (χ0n) is 10.1. The van der Waals surface area contributed by atoms with Crippen LogP contribution < -0.4 is 4.74 Å². The fourth-order valence-corrected chi connectivity index (χ4v) is 1.47. The van der Waals surface area contributed by atoms with Crippen molar-refractivity contribution in [3.05, 3.63) is 60.2 Å². The molecule has 2 rings (SSSR count). The summed E-state index contributed by atoms with van der Waals surface area (Å²) < 4.78 is 5.57. The number of carboxylic acids is 1. The van der Waals surface area contributed by atoms with Crippen molar-refractivity contribution in [1.29, 1.82) is 0 Å². The van der Waals surface area contributed by atoms with Gasteiger partial charge in [-0.25, -0.2) is 4.79 Å². The van der Waals surface area contributed by atoms with Gasteiger partial charge < -0.3 is 9.84 Å². The molecule has 2 heterocycles. The Morgan fingerprint density at radius 3 is 2.84 bits per heavy atom. The van der Waals surface area contributed by atoms with E-state index in [1.165, 1.54) is 12.3 Å². The molecule has 0 aliphatic heterocycles. The molecule has 0 aromatic carbocycles. The highest BCUT2D eigenvalue weighted by Crippen LogP contribution is 2.18. The summed E-state index contributed by atoms with van der Waals surface area (Å²) in [6.45, 7) is 3.93. The monoisotopic (exact) mass is 256 g/mol. The van der Waals surface area contributed by atoms with Gasteiger partial charge in [-0.15, -0.1) is 0 Å². The van der Waals surface area contributed by atoms with Crippen molar-refractivity contribution < 1.29 is 14.6 Å². The molecular formula is C14H12N2O3. The number of rotatable bonds is 5. The van der Waals surface area contributed by atoms with Gasteiger partial charge in [-0.2, -0.15) is 0 Å². The number of ether oxygens (including phenoxy) is 1. The Balaban J connectivity index is 2.06. The minimum absolute atomic E-state index is 0.150. The van der Waals surface area contributed by atoms with E-state index in [9.17, 15) is 4.79 Å². The number of hydrogen-bond acceptors (Lipinski definition) is 4. The molecule has 1 N–H and O–H groups in total. The minimum atomic E-state index is -0.999. The summed E-state index contributed by atoms with van der Waals surface area (Å²) in [6.07, 6.45) is 6.24. The van der Waals surface area contributed by atoms with E-state index in [-0.39, 0.29) is 12.2 Å². The van der Waals surface area contributed by atoms with Crippen molar-refractivity contribution in [2.24, 2.45) is 0 Å². The van der Waals surface area contributed by atoms with Crippen LogP contribution in [0.15, 0.2) is 43.4 Å². The molecule has 0 saturated carbocycles. The van der Waals surface area contributed by atoms with E-state index >= 15 is 0 Å². The Kier molecular flexibility index (Phi) is 3.87. The van der Waals surface area contributed by atoms with E-state index in [0.29, 0.717) is 11.4 Å². The third-order valence-corrected chi connectivity index (χ3v) is 2.48. The largest absolute Gasteiger partial charge is 0.485 e. The van der Waals surface area contributed by atoms with Crippen LogP contribution in [0, 0.1) is 0 Å². The molecular weight excluding hydrogens is 244 g/mol. The van der Waals surface area contributed by atoms with Crippen molar-refractivity contribution in [2.75, 3.05) is 0 Å². The second kappa shape index (κ2) is 5.77. The summed E-state index contributed by atoms with van der Waals surface area (Å²) in [7, 11) is 0. The quantitative estimate of drug-likeness (QED) is 0.889. The molecule has 96 valence electrons. The third kappa shape index (κ3) is 3.16. The number of carboxylic acid groups (broad SMARTS) is 1.